The van der Waals surface area contributed by atoms with Crippen LogP contribution in [0.3, 0.4) is 0 Å². The summed E-state index contributed by atoms with van der Waals surface area (Å²) in [5.74, 6) is 0. The normalized spacial score (nSPS) is 9.58. The van der Waals surface area contributed by atoms with Crippen molar-refractivity contribution in [3.63, 3.8) is 0 Å². The second-order valence-electron chi connectivity index (χ2n) is 4.91. The van der Waals surface area contributed by atoms with E-state index in [1.807, 2.05) is 72.1 Å². The van der Waals surface area contributed by atoms with Gasteiger partial charge < -0.3 is 5.32 Å². The maximum absolute atomic E-state index is 8.76. The Hall–Kier alpha value is -3.41. The highest BCUT2D eigenvalue weighted by Crippen LogP contribution is 2.29. The second-order valence-corrected chi connectivity index (χ2v) is 5.77. The van der Waals surface area contributed by atoms with Crippen LogP contribution in [-0.2, 0) is 0 Å². The van der Waals surface area contributed by atoms with Crippen LogP contribution in [0.25, 0.3) is 21.8 Å². The number of rotatable bonds is 4. The van der Waals surface area contributed by atoms with Crippen LogP contribution in [-0.4, -0.2) is 4.98 Å². The lowest BCUT2D eigenvalue weighted by atomic mass is 10.1. The van der Waals surface area contributed by atoms with Gasteiger partial charge in [0.25, 0.3) is 0 Å². The Morgan fingerprint density at radius 3 is 2.50 bits per heavy atom. The van der Waals surface area contributed by atoms with Gasteiger partial charge in [-0.3, -0.25) is 0 Å². The number of allylic oxidation sites excluding steroid dienone is 1. The van der Waals surface area contributed by atoms with E-state index in [2.05, 4.69) is 5.32 Å². The minimum atomic E-state index is 0.0282. The first-order valence-electron chi connectivity index (χ1n) is 7.18. The molecule has 0 aliphatic carbocycles. The van der Waals surface area contributed by atoms with Gasteiger partial charge in [-0.15, -0.1) is 11.3 Å². The Bertz CT molecular complexity index is 943. The van der Waals surface area contributed by atoms with Crippen molar-refractivity contribution < 1.29 is 0 Å². The predicted octanol–water partition coefficient (Wildman–Crippen LogP) is 4.82. The fraction of sp³-hybridized carbons (Fsp3) is 0. The van der Waals surface area contributed by atoms with Crippen molar-refractivity contribution in [2.24, 2.45) is 0 Å². The number of nitriles is 2. The van der Waals surface area contributed by atoms with Crippen molar-refractivity contribution >= 4 is 17.0 Å². The Labute approximate surface area is 144 Å². The Balaban J connectivity index is 1.85. The molecule has 0 unspecified atom stereocenters. The standard InChI is InChI=1S/C19H12N4S/c20-10-14(11-21)12-22-17-8-4-7-16(9-17)18-13-24-19(23-18)15-5-2-1-3-6-15/h1-9,12-13,22H. The molecule has 0 amide bonds. The van der Waals surface area contributed by atoms with E-state index < -0.39 is 0 Å². The zero-order valence-corrected chi connectivity index (χ0v) is 13.4. The summed E-state index contributed by atoms with van der Waals surface area (Å²) in [6.07, 6.45) is 1.40. The lowest BCUT2D eigenvalue weighted by Crippen LogP contribution is -1.90. The largest absolute Gasteiger partial charge is 0.360 e. The molecular formula is C19H12N4S. The summed E-state index contributed by atoms with van der Waals surface area (Å²) in [4.78, 5) is 4.69. The summed E-state index contributed by atoms with van der Waals surface area (Å²) < 4.78 is 0. The summed E-state index contributed by atoms with van der Waals surface area (Å²) in [5, 5.41) is 23.5. The van der Waals surface area contributed by atoms with Gasteiger partial charge in [-0.05, 0) is 12.1 Å². The third-order valence-corrected chi connectivity index (χ3v) is 4.20. The van der Waals surface area contributed by atoms with Crippen LogP contribution in [0.1, 0.15) is 0 Å². The quantitative estimate of drug-likeness (QED) is 0.697. The Morgan fingerprint density at radius 1 is 1.00 bits per heavy atom. The molecule has 3 aromatic rings. The molecule has 0 aliphatic rings. The maximum atomic E-state index is 8.76. The van der Waals surface area contributed by atoms with Crippen LogP contribution in [0.4, 0.5) is 5.69 Å². The molecule has 2 aromatic carbocycles. The van der Waals surface area contributed by atoms with E-state index in [1.54, 1.807) is 11.3 Å². The molecule has 1 aromatic heterocycles. The van der Waals surface area contributed by atoms with Gasteiger partial charge in [-0.25, -0.2) is 4.98 Å². The minimum absolute atomic E-state index is 0.0282. The van der Waals surface area contributed by atoms with Crippen LogP contribution < -0.4 is 5.32 Å². The topological polar surface area (TPSA) is 72.5 Å². The Morgan fingerprint density at radius 2 is 1.75 bits per heavy atom. The number of nitrogens with zero attached hydrogens (tertiary/aromatic N) is 3. The molecule has 5 heteroatoms. The van der Waals surface area contributed by atoms with E-state index in [9.17, 15) is 0 Å². The summed E-state index contributed by atoms with van der Waals surface area (Å²) in [6.45, 7) is 0. The van der Waals surface area contributed by atoms with Gasteiger partial charge >= 0.3 is 0 Å². The molecule has 3 rings (SSSR count). The van der Waals surface area contributed by atoms with Crippen molar-refractivity contribution in [1.29, 1.82) is 10.5 Å². The molecule has 0 spiro atoms. The molecule has 0 bridgehead atoms. The zero-order chi connectivity index (χ0) is 16.8. The third-order valence-electron chi connectivity index (χ3n) is 3.31. The second kappa shape index (κ2) is 7.23. The number of anilines is 1. The fourth-order valence-electron chi connectivity index (χ4n) is 2.13. The van der Waals surface area contributed by atoms with Crippen molar-refractivity contribution in [3.05, 3.63) is 71.8 Å². The van der Waals surface area contributed by atoms with Gasteiger partial charge in [0.1, 0.15) is 22.7 Å². The smallest absolute Gasteiger partial charge is 0.145 e. The molecule has 0 radical (unpaired) electrons. The van der Waals surface area contributed by atoms with Crippen LogP contribution >= 0.6 is 11.3 Å². The fourth-order valence-corrected chi connectivity index (χ4v) is 2.97. The van der Waals surface area contributed by atoms with Gasteiger partial charge in [0.05, 0.1) is 5.69 Å². The van der Waals surface area contributed by atoms with Crippen LogP contribution in [0.15, 0.2) is 71.8 Å². The van der Waals surface area contributed by atoms with E-state index in [0.29, 0.717) is 0 Å². The van der Waals surface area contributed by atoms with Crippen molar-refractivity contribution in [1.82, 2.24) is 4.98 Å². The number of aromatic nitrogens is 1. The molecule has 0 fully saturated rings. The highest BCUT2D eigenvalue weighted by atomic mass is 32.1. The average Bonchev–Trinajstić information content (AvgIpc) is 3.14. The van der Waals surface area contributed by atoms with E-state index in [4.69, 9.17) is 15.5 Å². The predicted molar refractivity (Wildman–Crippen MR) is 95.9 cm³/mol. The zero-order valence-electron chi connectivity index (χ0n) is 12.6. The van der Waals surface area contributed by atoms with Gasteiger partial charge in [-0.1, -0.05) is 42.5 Å². The summed E-state index contributed by atoms with van der Waals surface area (Å²) in [5.41, 5.74) is 3.79. The number of hydrogen-bond donors (Lipinski definition) is 1. The van der Waals surface area contributed by atoms with Crippen molar-refractivity contribution in [2.45, 2.75) is 0 Å². The first kappa shape index (κ1) is 15.5. The molecule has 0 saturated carbocycles. The third kappa shape index (κ3) is 3.49. The van der Waals surface area contributed by atoms with Gasteiger partial charge in [-0.2, -0.15) is 10.5 Å². The minimum Gasteiger partial charge on any atom is -0.360 e. The van der Waals surface area contributed by atoms with Gasteiger partial charge in [0.2, 0.25) is 0 Å². The van der Waals surface area contributed by atoms with Crippen molar-refractivity contribution in [2.75, 3.05) is 5.32 Å². The Kier molecular flexibility index (Phi) is 4.67. The van der Waals surface area contributed by atoms with Gasteiger partial charge in [0, 0.05) is 28.4 Å². The SMILES string of the molecule is N#CC(C#N)=CNc1cccc(-c2csc(-c3ccccc3)n2)c1. The van der Waals surface area contributed by atoms with E-state index in [1.165, 1.54) is 6.20 Å². The van der Waals surface area contributed by atoms with Gasteiger partial charge in [0.15, 0.2) is 0 Å². The molecule has 0 aliphatic heterocycles. The first-order chi connectivity index (χ1) is 11.8. The van der Waals surface area contributed by atoms with E-state index in [0.717, 1.165) is 27.5 Å². The summed E-state index contributed by atoms with van der Waals surface area (Å²) in [6, 6.07) is 21.4. The van der Waals surface area contributed by atoms with Crippen molar-refractivity contribution in [3.8, 4) is 34.0 Å². The molecule has 24 heavy (non-hydrogen) atoms. The number of nitrogens with one attached hydrogen (secondary N) is 1. The lowest BCUT2D eigenvalue weighted by molar-refractivity contribution is 1.40. The molecule has 0 atom stereocenters. The molecule has 0 saturated heterocycles. The van der Waals surface area contributed by atoms with Crippen LogP contribution in [0.5, 0.6) is 0 Å². The first-order valence-corrected chi connectivity index (χ1v) is 8.06. The van der Waals surface area contributed by atoms with Crippen LogP contribution in [0.2, 0.25) is 0 Å². The number of hydrogen-bond acceptors (Lipinski definition) is 5. The lowest BCUT2D eigenvalue weighted by Gasteiger charge is -2.03. The number of thiazole rings is 1. The maximum Gasteiger partial charge on any atom is 0.145 e. The average molecular weight is 328 g/mol. The molecule has 4 nitrogen and oxygen atoms in total. The summed E-state index contributed by atoms with van der Waals surface area (Å²) >= 11 is 1.60. The molecular weight excluding hydrogens is 316 g/mol. The number of benzene rings is 2. The highest BCUT2D eigenvalue weighted by Gasteiger charge is 2.07. The molecule has 114 valence electrons. The monoisotopic (exact) mass is 328 g/mol. The summed E-state index contributed by atoms with van der Waals surface area (Å²) in [7, 11) is 0. The van der Waals surface area contributed by atoms with E-state index >= 15 is 0 Å². The highest BCUT2D eigenvalue weighted by molar-refractivity contribution is 7.13. The molecule has 1 N–H and O–H groups in total. The van der Waals surface area contributed by atoms with E-state index in [-0.39, 0.29) is 5.57 Å². The molecule has 1 heterocycles. The van der Waals surface area contributed by atoms with Crippen LogP contribution in [0, 0.1) is 22.7 Å².